The van der Waals surface area contributed by atoms with Crippen molar-refractivity contribution >= 4 is 22.7 Å². The normalized spacial score (nSPS) is 11.0. The molecule has 0 bridgehead atoms. The number of ether oxygens (including phenoxy) is 1. The lowest BCUT2D eigenvalue weighted by Crippen LogP contribution is -2.22. The molecule has 0 aliphatic carbocycles. The number of anilines is 2. The Bertz CT molecular complexity index is 1540. The van der Waals surface area contributed by atoms with Crippen LogP contribution in [0.2, 0.25) is 0 Å². The number of aryl methyl sites for hydroxylation is 1. The van der Waals surface area contributed by atoms with Gasteiger partial charge in [-0.15, -0.1) is 0 Å². The van der Waals surface area contributed by atoms with E-state index in [2.05, 4.69) is 15.3 Å². The Morgan fingerprint density at radius 1 is 0.941 bits per heavy atom. The Kier molecular flexibility index (Phi) is 5.47. The van der Waals surface area contributed by atoms with E-state index in [1.165, 1.54) is 6.33 Å². The van der Waals surface area contributed by atoms with Gasteiger partial charge in [0, 0.05) is 12.7 Å². The van der Waals surface area contributed by atoms with Gasteiger partial charge in [-0.3, -0.25) is 4.57 Å². The van der Waals surface area contributed by atoms with Crippen molar-refractivity contribution in [3.05, 3.63) is 101 Å². The van der Waals surface area contributed by atoms with E-state index in [-0.39, 0.29) is 11.5 Å². The molecular weight excluding hydrogens is 428 g/mol. The summed E-state index contributed by atoms with van der Waals surface area (Å²) in [6.07, 6.45) is 1.37. The molecule has 3 aromatic carbocycles. The molecule has 0 spiro atoms. The lowest BCUT2D eigenvalue weighted by Gasteiger charge is -2.11. The van der Waals surface area contributed by atoms with Crippen LogP contribution in [-0.4, -0.2) is 26.1 Å². The molecule has 5 rings (SSSR count). The third-order valence-electron chi connectivity index (χ3n) is 5.70. The van der Waals surface area contributed by atoms with Crippen LogP contribution in [0.15, 0.2) is 83.9 Å². The van der Waals surface area contributed by atoms with Gasteiger partial charge in [-0.05, 0) is 54.4 Å². The van der Waals surface area contributed by atoms with Gasteiger partial charge in [0.2, 0.25) is 0 Å². The zero-order valence-corrected chi connectivity index (χ0v) is 18.9. The minimum Gasteiger partial charge on any atom is -0.489 e. The van der Waals surface area contributed by atoms with Crippen LogP contribution in [0.5, 0.6) is 5.75 Å². The van der Waals surface area contributed by atoms with Gasteiger partial charge in [0.15, 0.2) is 11.5 Å². The Labute approximate surface area is 196 Å². The molecule has 0 radical (unpaired) electrons. The van der Waals surface area contributed by atoms with Gasteiger partial charge in [-0.1, -0.05) is 36.4 Å². The number of fused-ring (bicyclic) bond motifs is 1. The van der Waals surface area contributed by atoms with Crippen molar-refractivity contribution in [1.82, 2.24) is 19.1 Å². The first-order valence-electron chi connectivity index (χ1n) is 10.9. The highest BCUT2D eigenvalue weighted by Crippen LogP contribution is 2.27. The molecule has 0 fully saturated rings. The summed E-state index contributed by atoms with van der Waals surface area (Å²) < 4.78 is 9.10. The summed E-state index contributed by atoms with van der Waals surface area (Å²) >= 11 is 0. The first kappa shape index (κ1) is 21.3. The maximum absolute atomic E-state index is 13.7. The van der Waals surface area contributed by atoms with Gasteiger partial charge in [0.05, 0.1) is 11.4 Å². The molecule has 3 N–H and O–H groups in total. The summed E-state index contributed by atoms with van der Waals surface area (Å²) in [7, 11) is 1.83. The van der Waals surface area contributed by atoms with Crippen molar-refractivity contribution < 1.29 is 4.74 Å². The number of nitrogens with one attached hydrogen (secondary N) is 1. The molecule has 8 nitrogen and oxygen atoms in total. The molecule has 0 aliphatic heterocycles. The third-order valence-corrected chi connectivity index (χ3v) is 5.70. The minimum absolute atomic E-state index is 0.229. The Morgan fingerprint density at radius 2 is 1.74 bits per heavy atom. The maximum Gasteiger partial charge on any atom is 0.339 e. The lowest BCUT2D eigenvalue weighted by atomic mass is 10.2. The summed E-state index contributed by atoms with van der Waals surface area (Å²) in [6, 6.07) is 23.1. The molecule has 170 valence electrons. The molecule has 2 heterocycles. The van der Waals surface area contributed by atoms with Crippen LogP contribution in [0, 0.1) is 6.92 Å². The van der Waals surface area contributed by atoms with E-state index >= 15 is 0 Å². The van der Waals surface area contributed by atoms with Crippen LogP contribution in [0.1, 0.15) is 11.1 Å². The predicted octanol–water partition coefficient (Wildman–Crippen LogP) is 4.08. The number of hydrogen-bond donors (Lipinski definition) is 2. The van der Waals surface area contributed by atoms with Crippen LogP contribution in [0.25, 0.3) is 22.5 Å². The zero-order valence-electron chi connectivity index (χ0n) is 18.9. The van der Waals surface area contributed by atoms with Crippen molar-refractivity contribution in [2.45, 2.75) is 13.5 Å². The first-order chi connectivity index (χ1) is 16.6. The molecule has 0 atom stereocenters. The van der Waals surface area contributed by atoms with Crippen molar-refractivity contribution in [3.8, 4) is 17.1 Å². The van der Waals surface area contributed by atoms with E-state index in [9.17, 15) is 4.79 Å². The van der Waals surface area contributed by atoms with Gasteiger partial charge < -0.3 is 15.8 Å². The average Bonchev–Trinajstić information content (AvgIpc) is 3.17. The quantitative estimate of drug-likeness (QED) is 0.403. The molecule has 2 aromatic heterocycles. The molecule has 0 saturated heterocycles. The van der Waals surface area contributed by atoms with Crippen LogP contribution >= 0.6 is 0 Å². The molecule has 34 heavy (non-hydrogen) atoms. The number of nitrogen functional groups attached to an aromatic ring is 1. The fraction of sp³-hybridized carbons (Fsp3) is 0.115. The number of hydrogen-bond acceptors (Lipinski definition) is 6. The molecule has 5 aromatic rings. The van der Waals surface area contributed by atoms with E-state index < -0.39 is 0 Å². The topological polar surface area (TPSA) is 100.0 Å². The van der Waals surface area contributed by atoms with E-state index in [1.807, 2.05) is 86.8 Å². The predicted molar refractivity (Wildman–Crippen MR) is 134 cm³/mol. The van der Waals surface area contributed by atoms with Crippen molar-refractivity contribution in [1.29, 1.82) is 0 Å². The number of rotatable bonds is 6. The lowest BCUT2D eigenvalue weighted by molar-refractivity contribution is 0.304. The Balaban J connectivity index is 1.61. The number of imidazole rings is 1. The van der Waals surface area contributed by atoms with Crippen molar-refractivity contribution in [2.24, 2.45) is 0 Å². The number of aromatic nitrogens is 4. The van der Waals surface area contributed by atoms with Crippen LogP contribution in [0.4, 0.5) is 11.5 Å². The highest BCUT2D eigenvalue weighted by atomic mass is 16.5. The monoisotopic (exact) mass is 452 g/mol. The van der Waals surface area contributed by atoms with E-state index in [4.69, 9.17) is 10.5 Å². The summed E-state index contributed by atoms with van der Waals surface area (Å²) in [5.74, 6) is 0.975. The second-order valence-corrected chi connectivity index (χ2v) is 7.91. The number of nitrogens with two attached hydrogens (primary N) is 1. The largest absolute Gasteiger partial charge is 0.489 e. The minimum atomic E-state index is -0.284. The second kappa shape index (κ2) is 8.74. The second-order valence-electron chi connectivity index (χ2n) is 7.91. The van der Waals surface area contributed by atoms with Gasteiger partial charge in [0.25, 0.3) is 0 Å². The van der Waals surface area contributed by atoms with E-state index in [1.54, 1.807) is 9.13 Å². The highest BCUT2D eigenvalue weighted by Gasteiger charge is 2.20. The molecule has 0 unspecified atom stereocenters. The van der Waals surface area contributed by atoms with Gasteiger partial charge in [-0.2, -0.15) is 0 Å². The summed E-state index contributed by atoms with van der Waals surface area (Å²) in [6.45, 7) is 2.41. The molecule has 0 saturated carbocycles. The molecular formula is C26H24N6O2. The summed E-state index contributed by atoms with van der Waals surface area (Å²) in [4.78, 5) is 22.2. The molecule has 8 heteroatoms. The van der Waals surface area contributed by atoms with Crippen LogP contribution in [0.3, 0.4) is 0 Å². The van der Waals surface area contributed by atoms with Gasteiger partial charge in [-0.25, -0.2) is 19.3 Å². The van der Waals surface area contributed by atoms with Gasteiger partial charge >= 0.3 is 5.69 Å². The smallest absolute Gasteiger partial charge is 0.339 e. The SMILES string of the molecule is CNc1cccc(-n2c(=O)n(-c3ccc(OCc4ccccc4)c(C)c3)c3c(N)ncnc32)c1. The fourth-order valence-electron chi connectivity index (χ4n) is 3.99. The van der Waals surface area contributed by atoms with Crippen molar-refractivity contribution in [3.63, 3.8) is 0 Å². The summed E-state index contributed by atoms with van der Waals surface area (Å²) in [5, 5.41) is 3.10. The highest BCUT2D eigenvalue weighted by molar-refractivity contribution is 5.85. The Hall–Kier alpha value is -4.59. The fourth-order valence-corrected chi connectivity index (χ4v) is 3.99. The number of benzene rings is 3. The van der Waals surface area contributed by atoms with E-state index in [0.29, 0.717) is 29.1 Å². The molecule has 0 aliphatic rings. The third kappa shape index (κ3) is 3.75. The van der Waals surface area contributed by atoms with Crippen molar-refractivity contribution in [2.75, 3.05) is 18.1 Å². The van der Waals surface area contributed by atoms with Crippen LogP contribution in [-0.2, 0) is 6.61 Å². The number of nitrogens with zero attached hydrogens (tertiary/aromatic N) is 4. The molecule has 0 amide bonds. The first-order valence-corrected chi connectivity index (χ1v) is 10.9. The standard InChI is InChI=1S/C26H24N6O2/c1-17-13-21(11-12-22(17)34-15-18-7-4-3-5-8-18)31-23-24(27)29-16-30-25(23)32(26(31)33)20-10-6-9-19(14-20)28-2/h3-14,16,28H,15H2,1-2H3,(H2,27,29,30). The Morgan fingerprint density at radius 3 is 2.50 bits per heavy atom. The summed E-state index contributed by atoms with van der Waals surface area (Å²) in [5.41, 5.74) is 11.0. The van der Waals surface area contributed by atoms with E-state index in [0.717, 1.165) is 22.6 Å². The van der Waals surface area contributed by atoms with Crippen LogP contribution < -0.4 is 21.5 Å². The average molecular weight is 453 g/mol. The zero-order chi connectivity index (χ0) is 23.7. The van der Waals surface area contributed by atoms with Gasteiger partial charge in [0.1, 0.15) is 24.2 Å². The maximum atomic E-state index is 13.7.